The molecule has 1 aliphatic rings. The number of H-pyrrole nitrogens is 1. The van der Waals surface area contributed by atoms with Crippen LogP contribution in [-0.2, 0) is 27.1 Å². The van der Waals surface area contributed by atoms with Crippen LogP contribution in [0, 0.1) is 25.2 Å². The van der Waals surface area contributed by atoms with E-state index in [1.54, 1.807) is 31.2 Å². The minimum Gasteiger partial charge on any atom is -0.462 e. The molecule has 1 aliphatic carbocycles. The Morgan fingerprint density at radius 2 is 1.82 bits per heavy atom. The van der Waals surface area contributed by atoms with Gasteiger partial charge in [-0.2, -0.15) is 0 Å². The van der Waals surface area contributed by atoms with Crippen molar-refractivity contribution in [3.63, 3.8) is 0 Å². The van der Waals surface area contributed by atoms with Crippen molar-refractivity contribution in [3.8, 4) is 11.4 Å². The molecule has 0 saturated carbocycles. The Labute approximate surface area is 227 Å². The van der Waals surface area contributed by atoms with E-state index in [4.69, 9.17) is 9.47 Å². The maximum Gasteiger partial charge on any atom is 0.341 e. The molecule has 1 amide bonds. The number of carbonyl (C=O) groups excluding carboxylic acids is 3. The molecule has 2 N–H and O–H groups in total. The Morgan fingerprint density at radius 1 is 1.11 bits per heavy atom. The third kappa shape index (κ3) is 5.99. The fourth-order valence-electron chi connectivity index (χ4n) is 4.66. The minimum atomic E-state index is -0.609. The molecule has 8 nitrogen and oxygen atoms in total. The summed E-state index contributed by atoms with van der Waals surface area (Å²) in [5, 5.41) is 3.25. The Hall–Kier alpha value is -3.46. The summed E-state index contributed by atoms with van der Waals surface area (Å²) in [4.78, 5) is 46.9. The summed E-state index contributed by atoms with van der Waals surface area (Å²) in [6.07, 6.45) is 2.59. The number of aromatic amines is 1. The Morgan fingerprint density at radius 3 is 2.42 bits per heavy atom. The van der Waals surface area contributed by atoms with Gasteiger partial charge in [0.05, 0.1) is 23.4 Å². The first-order valence-electron chi connectivity index (χ1n) is 12.9. The van der Waals surface area contributed by atoms with Crippen molar-refractivity contribution in [1.82, 2.24) is 9.97 Å². The average Bonchev–Trinajstić information content (AvgIpc) is 3.40. The number of carbonyl (C=O) groups is 3. The van der Waals surface area contributed by atoms with Crippen LogP contribution in [0.25, 0.3) is 11.4 Å². The Balaban J connectivity index is 1.42. The second-order valence-electron chi connectivity index (χ2n) is 10.7. The summed E-state index contributed by atoms with van der Waals surface area (Å²) in [5.41, 5.74) is 4.62. The van der Waals surface area contributed by atoms with Gasteiger partial charge in [-0.15, -0.1) is 11.3 Å². The first-order chi connectivity index (χ1) is 18.0. The highest BCUT2D eigenvalue weighted by molar-refractivity contribution is 7.17. The van der Waals surface area contributed by atoms with Gasteiger partial charge in [-0.05, 0) is 69.1 Å². The maximum atomic E-state index is 12.8. The molecule has 2 heterocycles. The first kappa shape index (κ1) is 27.6. The predicted molar refractivity (Wildman–Crippen MR) is 148 cm³/mol. The van der Waals surface area contributed by atoms with Crippen LogP contribution in [-0.4, -0.2) is 41.0 Å². The van der Waals surface area contributed by atoms with Gasteiger partial charge in [0.15, 0.2) is 6.61 Å². The van der Waals surface area contributed by atoms with Crippen molar-refractivity contribution >= 4 is 34.2 Å². The zero-order chi connectivity index (χ0) is 27.6. The predicted octanol–water partition coefficient (Wildman–Crippen LogP) is 5.88. The lowest BCUT2D eigenvalue weighted by atomic mass is 9.72. The number of aromatic nitrogens is 2. The van der Waals surface area contributed by atoms with Gasteiger partial charge in [-0.3, -0.25) is 4.79 Å². The molecule has 0 fully saturated rings. The number of anilines is 1. The van der Waals surface area contributed by atoms with Gasteiger partial charge in [0.2, 0.25) is 0 Å². The van der Waals surface area contributed by atoms with Gasteiger partial charge >= 0.3 is 11.9 Å². The maximum absolute atomic E-state index is 12.8. The van der Waals surface area contributed by atoms with Crippen LogP contribution in [0.15, 0.2) is 24.3 Å². The lowest BCUT2D eigenvalue weighted by Crippen LogP contribution is -2.26. The quantitative estimate of drug-likeness (QED) is 0.364. The van der Waals surface area contributed by atoms with Crippen LogP contribution < -0.4 is 5.32 Å². The van der Waals surface area contributed by atoms with E-state index in [1.165, 1.54) is 11.3 Å². The van der Waals surface area contributed by atoms with E-state index in [9.17, 15) is 14.4 Å². The average molecular weight is 538 g/mol. The van der Waals surface area contributed by atoms with Crippen molar-refractivity contribution in [2.24, 2.45) is 11.3 Å². The van der Waals surface area contributed by atoms with Gasteiger partial charge in [0, 0.05) is 16.1 Å². The number of nitrogens with zero attached hydrogens (tertiary/aromatic N) is 1. The van der Waals surface area contributed by atoms with E-state index in [-0.39, 0.29) is 12.0 Å². The number of aryl methyl sites for hydroxylation is 2. The molecular formula is C29H35N3O5S. The third-order valence-electron chi connectivity index (χ3n) is 7.08. The summed E-state index contributed by atoms with van der Waals surface area (Å²) < 4.78 is 10.6. The van der Waals surface area contributed by atoms with Gasteiger partial charge in [-0.1, -0.05) is 32.9 Å². The standard InChI is InChI=1S/C29H35N3O5S/c1-7-36-28(35)24-21-13-12-20(29(4,5)6)14-22(21)38-26(24)32-23(33)15-37-27(34)19-10-8-18(9-11-19)25-30-16(2)17(3)31-25/h8-11,20H,7,12-15H2,1-6H3,(H,30,31)(H,32,33). The number of esters is 2. The van der Waals surface area contributed by atoms with Gasteiger partial charge in [-0.25, -0.2) is 14.6 Å². The van der Waals surface area contributed by atoms with Crippen molar-refractivity contribution in [3.05, 3.63) is 57.2 Å². The van der Waals surface area contributed by atoms with Crippen molar-refractivity contribution in [1.29, 1.82) is 0 Å². The molecule has 0 radical (unpaired) electrons. The van der Waals surface area contributed by atoms with E-state index < -0.39 is 24.5 Å². The highest BCUT2D eigenvalue weighted by Gasteiger charge is 2.34. The van der Waals surface area contributed by atoms with E-state index in [0.717, 1.165) is 52.5 Å². The number of thiophene rings is 1. The van der Waals surface area contributed by atoms with E-state index >= 15 is 0 Å². The summed E-state index contributed by atoms with van der Waals surface area (Å²) in [5.74, 6) is -0.339. The van der Waals surface area contributed by atoms with Crippen LogP contribution in [0.4, 0.5) is 5.00 Å². The van der Waals surface area contributed by atoms with Crippen LogP contribution in [0.3, 0.4) is 0 Å². The molecular weight excluding hydrogens is 502 g/mol. The number of nitrogens with one attached hydrogen (secondary N) is 2. The molecule has 0 bridgehead atoms. The van der Waals surface area contributed by atoms with E-state index in [0.29, 0.717) is 22.0 Å². The zero-order valence-electron chi connectivity index (χ0n) is 22.8. The topological polar surface area (TPSA) is 110 Å². The van der Waals surface area contributed by atoms with Crippen LogP contribution in [0.2, 0.25) is 0 Å². The molecule has 38 heavy (non-hydrogen) atoms. The molecule has 9 heteroatoms. The summed E-state index contributed by atoms with van der Waals surface area (Å²) in [6, 6.07) is 6.84. The zero-order valence-corrected chi connectivity index (χ0v) is 23.6. The van der Waals surface area contributed by atoms with E-state index in [2.05, 4.69) is 36.1 Å². The van der Waals surface area contributed by atoms with Gasteiger partial charge in [0.25, 0.3) is 5.91 Å². The Kier molecular flexibility index (Phi) is 8.06. The number of imidazole rings is 1. The van der Waals surface area contributed by atoms with Gasteiger partial charge in [0.1, 0.15) is 10.8 Å². The SMILES string of the molecule is CCOC(=O)c1c(NC(=O)COC(=O)c2ccc(-c3nc(C)c(C)[nH]3)cc2)sc2c1CCC(C(C)(C)C)C2. The molecule has 3 aromatic rings. The molecule has 202 valence electrons. The third-order valence-corrected chi connectivity index (χ3v) is 8.25. The Bertz CT molecular complexity index is 1330. The number of rotatable bonds is 7. The lowest BCUT2D eigenvalue weighted by Gasteiger charge is -2.33. The van der Waals surface area contributed by atoms with Crippen molar-refractivity contribution in [2.45, 2.75) is 60.8 Å². The lowest BCUT2D eigenvalue weighted by molar-refractivity contribution is -0.119. The monoisotopic (exact) mass is 537 g/mol. The summed E-state index contributed by atoms with van der Waals surface area (Å²) in [6.45, 7) is 12.1. The number of fused-ring (bicyclic) bond motifs is 1. The number of amides is 1. The molecule has 1 unspecified atom stereocenters. The second kappa shape index (κ2) is 11.1. The van der Waals surface area contributed by atoms with Crippen molar-refractivity contribution in [2.75, 3.05) is 18.5 Å². The number of hydrogen-bond acceptors (Lipinski definition) is 7. The summed E-state index contributed by atoms with van der Waals surface area (Å²) >= 11 is 1.41. The number of ether oxygens (including phenoxy) is 2. The fourth-order valence-corrected chi connectivity index (χ4v) is 5.99. The molecule has 2 aromatic heterocycles. The number of benzene rings is 1. The normalized spacial score (nSPS) is 15.1. The van der Waals surface area contributed by atoms with Crippen LogP contribution in [0.5, 0.6) is 0 Å². The first-order valence-corrected chi connectivity index (χ1v) is 13.7. The molecule has 1 atom stereocenters. The molecule has 0 saturated heterocycles. The van der Waals surface area contributed by atoms with Gasteiger partial charge < -0.3 is 19.8 Å². The summed E-state index contributed by atoms with van der Waals surface area (Å²) in [7, 11) is 0. The second-order valence-corrected chi connectivity index (χ2v) is 11.8. The molecule has 0 spiro atoms. The molecule has 1 aromatic carbocycles. The molecule has 4 rings (SSSR count). The molecule has 0 aliphatic heterocycles. The van der Waals surface area contributed by atoms with E-state index in [1.807, 2.05) is 13.8 Å². The smallest absolute Gasteiger partial charge is 0.341 e. The number of hydrogen-bond donors (Lipinski definition) is 2. The minimum absolute atomic E-state index is 0.150. The van der Waals surface area contributed by atoms with Crippen molar-refractivity contribution < 1.29 is 23.9 Å². The van der Waals surface area contributed by atoms with Crippen LogP contribution in [0.1, 0.15) is 76.7 Å². The van der Waals surface area contributed by atoms with Crippen LogP contribution >= 0.6 is 11.3 Å². The fraction of sp³-hybridized carbons (Fsp3) is 0.448. The highest BCUT2D eigenvalue weighted by Crippen LogP contribution is 2.44. The highest BCUT2D eigenvalue weighted by atomic mass is 32.1. The largest absolute Gasteiger partial charge is 0.462 e.